The van der Waals surface area contributed by atoms with Gasteiger partial charge in [-0.25, -0.2) is 0 Å². The van der Waals surface area contributed by atoms with Gasteiger partial charge in [0.2, 0.25) is 0 Å². The molecule has 2 amide bonds. The average Bonchev–Trinajstić information content (AvgIpc) is 2.61. The van der Waals surface area contributed by atoms with Gasteiger partial charge in [-0.3, -0.25) is 14.9 Å². The molecule has 2 rings (SSSR count). The number of hydrogen-bond acceptors (Lipinski definition) is 4. The van der Waals surface area contributed by atoms with Crippen molar-refractivity contribution in [3.8, 4) is 5.75 Å². The number of hydrogen-bond donors (Lipinski definition) is 3. The quantitative estimate of drug-likeness (QED) is 0.636. The first kappa shape index (κ1) is 20.4. The Morgan fingerprint density at radius 2 is 1.89 bits per heavy atom. The lowest BCUT2D eigenvalue weighted by Crippen LogP contribution is -2.34. The van der Waals surface area contributed by atoms with Gasteiger partial charge in [0.1, 0.15) is 5.75 Å². The van der Waals surface area contributed by atoms with Gasteiger partial charge in [0, 0.05) is 5.56 Å². The van der Waals surface area contributed by atoms with Crippen LogP contribution in [-0.4, -0.2) is 23.5 Å². The number of ether oxygens (including phenoxy) is 1. The van der Waals surface area contributed by atoms with Crippen LogP contribution in [0.1, 0.15) is 41.0 Å². The van der Waals surface area contributed by atoms with E-state index in [-0.39, 0.29) is 16.6 Å². The third-order valence-corrected chi connectivity index (χ3v) is 3.93. The van der Waals surface area contributed by atoms with Crippen LogP contribution in [0, 0.1) is 5.92 Å². The number of nitrogens with two attached hydrogens (primary N) is 1. The standard InChI is InChI=1S/C20H23N3O3S/c1-13(2)10-11-26-15-7-5-6-14(12-15)19(25)23-20(27)22-17-9-4-3-8-16(17)18(21)24/h3-9,12-13H,10-11H2,1-2H3,(H2,21,24)(H2,22,23,25,27). The molecule has 0 aliphatic heterocycles. The average molecular weight is 385 g/mol. The zero-order chi connectivity index (χ0) is 19.8. The summed E-state index contributed by atoms with van der Waals surface area (Å²) in [4.78, 5) is 23.9. The number of carbonyl (C=O) groups is 2. The van der Waals surface area contributed by atoms with Gasteiger partial charge in [-0.1, -0.05) is 32.0 Å². The zero-order valence-corrected chi connectivity index (χ0v) is 16.1. The second-order valence-corrected chi connectivity index (χ2v) is 6.79. The van der Waals surface area contributed by atoms with E-state index < -0.39 is 5.91 Å². The molecule has 0 saturated carbocycles. The predicted octanol–water partition coefficient (Wildman–Crippen LogP) is 3.34. The van der Waals surface area contributed by atoms with E-state index >= 15 is 0 Å². The Balaban J connectivity index is 1.98. The van der Waals surface area contributed by atoms with Gasteiger partial charge in [0.15, 0.2) is 5.11 Å². The molecule has 27 heavy (non-hydrogen) atoms. The largest absolute Gasteiger partial charge is 0.494 e. The summed E-state index contributed by atoms with van der Waals surface area (Å²) < 4.78 is 5.67. The Labute approximate surface area is 164 Å². The fourth-order valence-corrected chi connectivity index (χ4v) is 2.48. The van der Waals surface area contributed by atoms with E-state index in [1.807, 2.05) is 0 Å². The van der Waals surface area contributed by atoms with Gasteiger partial charge in [-0.15, -0.1) is 0 Å². The van der Waals surface area contributed by atoms with Gasteiger partial charge >= 0.3 is 0 Å². The maximum atomic E-state index is 12.4. The summed E-state index contributed by atoms with van der Waals surface area (Å²) in [7, 11) is 0. The minimum atomic E-state index is -0.585. The number of carbonyl (C=O) groups excluding carboxylic acids is 2. The summed E-state index contributed by atoms with van der Waals surface area (Å²) in [6, 6.07) is 13.5. The van der Waals surface area contributed by atoms with Crippen molar-refractivity contribution in [2.24, 2.45) is 11.7 Å². The highest BCUT2D eigenvalue weighted by molar-refractivity contribution is 7.80. The van der Waals surface area contributed by atoms with Gasteiger partial charge in [0.25, 0.3) is 11.8 Å². The van der Waals surface area contributed by atoms with Crippen LogP contribution in [0.5, 0.6) is 5.75 Å². The molecule has 0 spiro atoms. The fraction of sp³-hybridized carbons (Fsp3) is 0.250. The minimum absolute atomic E-state index is 0.0693. The second-order valence-electron chi connectivity index (χ2n) is 6.38. The number of amides is 2. The predicted molar refractivity (Wildman–Crippen MR) is 110 cm³/mol. The molecule has 6 nitrogen and oxygen atoms in total. The van der Waals surface area contributed by atoms with Crippen molar-refractivity contribution in [3.63, 3.8) is 0 Å². The molecule has 0 aliphatic rings. The Kier molecular flexibility index (Phi) is 7.31. The van der Waals surface area contributed by atoms with Crippen molar-refractivity contribution in [2.75, 3.05) is 11.9 Å². The van der Waals surface area contributed by atoms with Crippen molar-refractivity contribution in [2.45, 2.75) is 20.3 Å². The highest BCUT2D eigenvalue weighted by Crippen LogP contribution is 2.16. The first-order valence-corrected chi connectivity index (χ1v) is 9.01. The van der Waals surface area contributed by atoms with E-state index in [4.69, 9.17) is 22.7 Å². The van der Waals surface area contributed by atoms with Crippen LogP contribution in [0.4, 0.5) is 5.69 Å². The smallest absolute Gasteiger partial charge is 0.257 e. The summed E-state index contributed by atoms with van der Waals surface area (Å²) in [5, 5.41) is 5.48. The maximum absolute atomic E-state index is 12.4. The second kappa shape index (κ2) is 9.68. The van der Waals surface area contributed by atoms with Crippen molar-refractivity contribution in [3.05, 3.63) is 59.7 Å². The third kappa shape index (κ3) is 6.38. The highest BCUT2D eigenvalue weighted by atomic mass is 32.1. The molecule has 0 unspecified atom stereocenters. The molecule has 0 aliphatic carbocycles. The number of thiocarbonyl (C=S) groups is 1. The monoisotopic (exact) mass is 385 g/mol. The molecule has 7 heteroatoms. The molecule has 0 saturated heterocycles. The van der Waals surface area contributed by atoms with Crippen molar-refractivity contribution in [1.29, 1.82) is 0 Å². The molecule has 142 valence electrons. The van der Waals surface area contributed by atoms with Crippen LogP contribution in [0.25, 0.3) is 0 Å². The van der Waals surface area contributed by atoms with Gasteiger partial charge in [-0.2, -0.15) is 0 Å². The Hall–Kier alpha value is -2.93. The Morgan fingerprint density at radius 1 is 1.15 bits per heavy atom. The summed E-state index contributed by atoms with van der Waals surface area (Å²) in [5.74, 6) is 0.210. The van der Waals surface area contributed by atoms with Crippen LogP contribution >= 0.6 is 12.2 Å². The van der Waals surface area contributed by atoms with Crippen LogP contribution < -0.4 is 21.1 Å². The third-order valence-electron chi connectivity index (χ3n) is 3.73. The SMILES string of the molecule is CC(C)CCOc1cccc(C(=O)NC(=S)Nc2ccccc2C(N)=O)c1. The molecule has 0 radical (unpaired) electrons. The van der Waals surface area contributed by atoms with Gasteiger partial charge < -0.3 is 15.8 Å². The number of rotatable bonds is 7. The molecular weight excluding hydrogens is 362 g/mol. The van der Waals surface area contributed by atoms with E-state index in [2.05, 4.69) is 24.5 Å². The fourth-order valence-electron chi connectivity index (χ4n) is 2.28. The molecule has 0 aromatic heterocycles. The molecule has 4 N–H and O–H groups in total. The molecule has 0 bridgehead atoms. The summed E-state index contributed by atoms with van der Waals surface area (Å²) in [6.07, 6.45) is 0.934. The van der Waals surface area contributed by atoms with Crippen LogP contribution in [0.3, 0.4) is 0 Å². The van der Waals surface area contributed by atoms with Crippen LogP contribution in [0.2, 0.25) is 0 Å². The van der Waals surface area contributed by atoms with Crippen LogP contribution in [-0.2, 0) is 0 Å². The van der Waals surface area contributed by atoms with Gasteiger partial charge in [0.05, 0.1) is 17.9 Å². The van der Waals surface area contributed by atoms with Crippen LogP contribution in [0.15, 0.2) is 48.5 Å². The summed E-state index contributed by atoms with van der Waals surface area (Å²) in [6.45, 7) is 4.84. The van der Waals surface area contributed by atoms with Crippen molar-refractivity contribution >= 4 is 34.8 Å². The molecule has 0 fully saturated rings. The lowest BCUT2D eigenvalue weighted by molar-refractivity contribution is 0.0975. The minimum Gasteiger partial charge on any atom is -0.494 e. The van der Waals surface area contributed by atoms with Gasteiger partial charge in [-0.05, 0) is 54.9 Å². The topological polar surface area (TPSA) is 93.4 Å². The van der Waals surface area contributed by atoms with E-state index in [0.717, 1.165) is 6.42 Å². The number of primary amides is 1. The van der Waals surface area contributed by atoms with E-state index in [1.54, 1.807) is 48.5 Å². The van der Waals surface area contributed by atoms with E-state index in [0.29, 0.717) is 29.5 Å². The molecule has 2 aromatic carbocycles. The zero-order valence-electron chi connectivity index (χ0n) is 15.3. The maximum Gasteiger partial charge on any atom is 0.257 e. The number of benzene rings is 2. The molecule has 2 aromatic rings. The first-order valence-electron chi connectivity index (χ1n) is 8.61. The van der Waals surface area contributed by atoms with E-state index in [9.17, 15) is 9.59 Å². The van der Waals surface area contributed by atoms with Crippen molar-refractivity contribution < 1.29 is 14.3 Å². The Morgan fingerprint density at radius 3 is 2.59 bits per heavy atom. The van der Waals surface area contributed by atoms with Crippen molar-refractivity contribution in [1.82, 2.24) is 5.32 Å². The molecule has 0 atom stereocenters. The summed E-state index contributed by atoms with van der Waals surface area (Å²) >= 11 is 5.16. The lowest BCUT2D eigenvalue weighted by Gasteiger charge is -2.13. The molecular formula is C20H23N3O3S. The van der Waals surface area contributed by atoms with E-state index in [1.165, 1.54) is 0 Å². The summed E-state index contributed by atoms with van der Waals surface area (Å²) in [5.41, 5.74) is 6.47. The molecule has 0 heterocycles. The number of para-hydroxylation sites is 1. The normalized spacial score (nSPS) is 10.3. The first-order chi connectivity index (χ1) is 12.9. The number of anilines is 1. The number of nitrogens with one attached hydrogen (secondary N) is 2. The highest BCUT2D eigenvalue weighted by Gasteiger charge is 2.12. The lowest BCUT2D eigenvalue weighted by atomic mass is 10.1. The Bertz CT molecular complexity index is 837.